The molecule has 35 heavy (non-hydrogen) atoms. The van der Waals surface area contributed by atoms with E-state index in [1.54, 1.807) is 0 Å². The molecule has 1 heterocycles. The number of aliphatic hydroxyl groups excluding tert-OH is 1. The van der Waals surface area contributed by atoms with Gasteiger partial charge in [0, 0.05) is 25.0 Å². The zero-order chi connectivity index (χ0) is 24.9. The number of alkyl carbamates (subject to hydrolysis) is 1. The molecule has 186 valence electrons. The molecule has 0 saturated carbocycles. The van der Waals surface area contributed by atoms with E-state index in [2.05, 4.69) is 34.9 Å². The Hall–Kier alpha value is -3.43. The van der Waals surface area contributed by atoms with Crippen molar-refractivity contribution in [3.05, 3.63) is 59.7 Å². The van der Waals surface area contributed by atoms with Crippen molar-refractivity contribution in [2.45, 2.75) is 43.9 Å². The van der Waals surface area contributed by atoms with Gasteiger partial charge in [-0.1, -0.05) is 48.5 Å². The Bertz CT molecular complexity index is 1030. The summed E-state index contributed by atoms with van der Waals surface area (Å²) >= 11 is 0. The molecule has 2 atom stereocenters. The third-order valence-corrected chi connectivity index (χ3v) is 6.69. The highest BCUT2D eigenvalue weighted by Gasteiger charge is 2.30. The van der Waals surface area contributed by atoms with Gasteiger partial charge in [0.15, 0.2) is 6.04 Å². The van der Waals surface area contributed by atoms with E-state index in [9.17, 15) is 19.5 Å². The topological polar surface area (TPSA) is 128 Å². The van der Waals surface area contributed by atoms with Crippen LogP contribution in [-0.2, 0) is 14.3 Å². The number of carbonyl (C=O) groups excluding carboxylic acids is 2. The number of hydrogen-bond acceptors (Lipinski definition) is 6. The molecule has 1 saturated heterocycles. The highest BCUT2D eigenvalue weighted by atomic mass is 16.5. The number of carboxylic acid groups (broad SMARTS) is 1. The average molecular weight is 482 g/mol. The molecule has 0 aromatic heterocycles. The molecule has 0 radical (unpaired) electrons. The van der Waals surface area contributed by atoms with Crippen LogP contribution < -0.4 is 10.6 Å². The number of rotatable bonds is 8. The molecule has 9 nitrogen and oxygen atoms in total. The molecule has 4 N–H and O–H groups in total. The van der Waals surface area contributed by atoms with Gasteiger partial charge in [-0.05, 0) is 42.0 Å². The van der Waals surface area contributed by atoms with Crippen molar-refractivity contribution in [1.29, 1.82) is 0 Å². The van der Waals surface area contributed by atoms with Gasteiger partial charge in [-0.3, -0.25) is 9.69 Å². The SMILES string of the molecule is C[C@@H](O)[C@H](NC(=O)CN1CCC(NC(=O)OCC2c3ccccc3-c3ccccc32)CC1)C(=O)O. The molecule has 2 amide bonds. The number of aliphatic carboxylic acids is 1. The van der Waals surface area contributed by atoms with E-state index in [4.69, 9.17) is 9.84 Å². The molecule has 0 bridgehead atoms. The fraction of sp³-hybridized carbons (Fsp3) is 0.423. The number of amides is 2. The van der Waals surface area contributed by atoms with Crippen LogP contribution in [0.2, 0.25) is 0 Å². The Morgan fingerprint density at radius 3 is 2.14 bits per heavy atom. The third kappa shape index (κ3) is 5.80. The van der Waals surface area contributed by atoms with Gasteiger partial charge < -0.3 is 25.6 Å². The van der Waals surface area contributed by atoms with Gasteiger partial charge in [0.05, 0.1) is 12.6 Å². The number of piperidine rings is 1. The number of likely N-dealkylation sites (tertiary alicyclic amines) is 1. The van der Waals surface area contributed by atoms with Crippen molar-refractivity contribution in [3.63, 3.8) is 0 Å². The van der Waals surface area contributed by atoms with Crippen LogP contribution in [-0.4, -0.2) is 77.5 Å². The van der Waals surface area contributed by atoms with E-state index in [1.807, 2.05) is 29.2 Å². The molecule has 9 heteroatoms. The molecule has 1 aliphatic carbocycles. The number of carbonyl (C=O) groups is 3. The van der Waals surface area contributed by atoms with E-state index < -0.39 is 30.1 Å². The Morgan fingerprint density at radius 2 is 1.60 bits per heavy atom. The van der Waals surface area contributed by atoms with Gasteiger partial charge in [-0.2, -0.15) is 0 Å². The number of fused-ring (bicyclic) bond motifs is 3. The summed E-state index contributed by atoms with van der Waals surface area (Å²) in [6.07, 6.45) is -0.347. The molecule has 1 aliphatic heterocycles. The first-order chi connectivity index (χ1) is 16.8. The molecule has 0 spiro atoms. The maximum absolute atomic E-state index is 12.5. The molecule has 2 aliphatic rings. The predicted molar refractivity (Wildman–Crippen MR) is 129 cm³/mol. The van der Waals surface area contributed by atoms with Gasteiger partial charge in [0.1, 0.15) is 6.61 Å². The lowest BCUT2D eigenvalue weighted by atomic mass is 9.98. The first-order valence-corrected chi connectivity index (χ1v) is 11.9. The second kappa shape index (κ2) is 10.9. The third-order valence-electron chi connectivity index (χ3n) is 6.69. The minimum atomic E-state index is -1.34. The largest absolute Gasteiger partial charge is 0.480 e. The molecule has 2 aromatic carbocycles. The monoisotopic (exact) mass is 481 g/mol. The van der Waals surface area contributed by atoms with Crippen LogP contribution in [0.4, 0.5) is 4.79 Å². The number of ether oxygens (including phenoxy) is 1. The summed E-state index contributed by atoms with van der Waals surface area (Å²) in [5, 5.41) is 23.9. The Labute approximate surface area is 204 Å². The quantitative estimate of drug-likeness (QED) is 0.454. The van der Waals surface area contributed by atoms with Crippen LogP contribution in [0, 0.1) is 0 Å². The average Bonchev–Trinajstić information content (AvgIpc) is 3.16. The van der Waals surface area contributed by atoms with Crippen molar-refractivity contribution >= 4 is 18.0 Å². The molecule has 1 fully saturated rings. The first kappa shape index (κ1) is 24.7. The van der Waals surface area contributed by atoms with Gasteiger partial charge in [0.25, 0.3) is 0 Å². The number of benzene rings is 2. The second-order valence-corrected chi connectivity index (χ2v) is 9.14. The summed E-state index contributed by atoms with van der Waals surface area (Å²) in [5.41, 5.74) is 4.68. The zero-order valence-electron chi connectivity index (χ0n) is 19.6. The molecular formula is C26H31N3O6. The molecule has 4 rings (SSSR count). The van der Waals surface area contributed by atoms with Crippen LogP contribution in [0.15, 0.2) is 48.5 Å². The Morgan fingerprint density at radius 1 is 1.03 bits per heavy atom. The van der Waals surface area contributed by atoms with Crippen LogP contribution in [0.3, 0.4) is 0 Å². The second-order valence-electron chi connectivity index (χ2n) is 9.14. The lowest BCUT2D eigenvalue weighted by Gasteiger charge is -2.32. The standard InChI is InChI=1S/C26H31N3O6/c1-16(30)24(25(32)33)28-23(31)14-29-12-10-17(11-13-29)27-26(34)35-15-22-20-8-4-2-6-18(20)19-7-3-5-9-21(19)22/h2-9,16-17,22,24,30H,10-15H2,1H3,(H,27,34)(H,28,31)(H,32,33)/t16-,24+/m1/s1. The summed E-state index contributed by atoms with van der Waals surface area (Å²) < 4.78 is 5.62. The summed E-state index contributed by atoms with van der Waals surface area (Å²) in [6.45, 7) is 2.77. The van der Waals surface area contributed by atoms with Crippen molar-refractivity contribution < 1.29 is 29.3 Å². The molecule has 2 aromatic rings. The minimum Gasteiger partial charge on any atom is -0.480 e. The highest BCUT2D eigenvalue weighted by Crippen LogP contribution is 2.44. The van der Waals surface area contributed by atoms with E-state index in [-0.39, 0.29) is 25.1 Å². The summed E-state index contributed by atoms with van der Waals surface area (Å²) in [6, 6.07) is 15.0. The van der Waals surface area contributed by atoms with Crippen molar-refractivity contribution in [3.8, 4) is 11.1 Å². The molecule has 0 unspecified atom stereocenters. The minimum absolute atomic E-state index is 0.00442. The van der Waals surface area contributed by atoms with Gasteiger partial charge in [-0.15, -0.1) is 0 Å². The van der Waals surface area contributed by atoms with Crippen molar-refractivity contribution in [2.75, 3.05) is 26.2 Å². The normalized spacial score (nSPS) is 17.7. The van der Waals surface area contributed by atoms with Crippen LogP contribution in [0.25, 0.3) is 11.1 Å². The Kier molecular flexibility index (Phi) is 7.67. The van der Waals surface area contributed by atoms with E-state index >= 15 is 0 Å². The van der Waals surface area contributed by atoms with Crippen molar-refractivity contribution in [2.24, 2.45) is 0 Å². The van der Waals surface area contributed by atoms with E-state index in [0.29, 0.717) is 25.9 Å². The smallest absolute Gasteiger partial charge is 0.407 e. The summed E-state index contributed by atoms with van der Waals surface area (Å²) in [7, 11) is 0. The zero-order valence-corrected chi connectivity index (χ0v) is 19.6. The Balaban J connectivity index is 1.22. The van der Waals surface area contributed by atoms with E-state index in [0.717, 1.165) is 11.1 Å². The first-order valence-electron chi connectivity index (χ1n) is 11.9. The van der Waals surface area contributed by atoms with E-state index in [1.165, 1.54) is 18.1 Å². The number of nitrogens with zero attached hydrogens (tertiary/aromatic N) is 1. The van der Waals surface area contributed by atoms with Gasteiger partial charge in [-0.25, -0.2) is 9.59 Å². The number of nitrogens with one attached hydrogen (secondary N) is 2. The van der Waals surface area contributed by atoms with Crippen LogP contribution in [0.5, 0.6) is 0 Å². The number of aliphatic hydroxyl groups is 1. The van der Waals surface area contributed by atoms with Crippen LogP contribution in [0.1, 0.15) is 36.8 Å². The van der Waals surface area contributed by atoms with Gasteiger partial charge in [0.2, 0.25) is 5.91 Å². The van der Waals surface area contributed by atoms with Gasteiger partial charge >= 0.3 is 12.1 Å². The fourth-order valence-corrected chi connectivity index (χ4v) is 4.85. The lowest BCUT2D eigenvalue weighted by Crippen LogP contribution is -2.52. The predicted octanol–water partition coefficient (Wildman–Crippen LogP) is 1.94. The number of carboxylic acids is 1. The highest BCUT2D eigenvalue weighted by molar-refractivity contribution is 5.85. The maximum atomic E-state index is 12.5. The lowest BCUT2D eigenvalue weighted by molar-refractivity contribution is -0.145. The van der Waals surface area contributed by atoms with Crippen molar-refractivity contribution in [1.82, 2.24) is 15.5 Å². The summed E-state index contributed by atoms with van der Waals surface area (Å²) in [5.74, 6) is -1.73. The van der Waals surface area contributed by atoms with Crippen LogP contribution >= 0.6 is 0 Å². The maximum Gasteiger partial charge on any atom is 0.407 e. The number of hydrogen-bond donors (Lipinski definition) is 4. The summed E-state index contributed by atoms with van der Waals surface area (Å²) in [4.78, 5) is 37.7. The molecular weight excluding hydrogens is 450 g/mol. The fourth-order valence-electron chi connectivity index (χ4n) is 4.85.